The van der Waals surface area contributed by atoms with E-state index in [9.17, 15) is 0 Å². The largest absolute Gasteiger partial charge is 0.374 e. The second-order valence-corrected chi connectivity index (χ2v) is 5.66. The van der Waals surface area contributed by atoms with Crippen molar-refractivity contribution >= 4 is 11.6 Å². The number of ether oxygens (including phenoxy) is 1. The predicted octanol–water partition coefficient (Wildman–Crippen LogP) is 1.78. The molecular formula is C14H25N5O. The van der Waals surface area contributed by atoms with Gasteiger partial charge in [0.25, 0.3) is 0 Å². The molecule has 3 N–H and O–H groups in total. The maximum Gasteiger partial charge on any atom is 0.158 e. The van der Waals surface area contributed by atoms with Crippen LogP contribution in [-0.4, -0.2) is 29.7 Å². The van der Waals surface area contributed by atoms with Gasteiger partial charge in [0.1, 0.15) is 18.2 Å². The minimum Gasteiger partial charge on any atom is -0.374 e. The van der Waals surface area contributed by atoms with Crippen molar-refractivity contribution in [1.82, 2.24) is 9.97 Å². The van der Waals surface area contributed by atoms with E-state index in [0.29, 0.717) is 36.7 Å². The van der Waals surface area contributed by atoms with Crippen molar-refractivity contribution in [2.24, 2.45) is 17.7 Å². The highest BCUT2D eigenvalue weighted by atomic mass is 16.5. The van der Waals surface area contributed by atoms with Gasteiger partial charge in [0.2, 0.25) is 0 Å². The Morgan fingerprint density at radius 1 is 1.35 bits per heavy atom. The molecule has 2 rings (SSSR count). The van der Waals surface area contributed by atoms with Crippen LogP contribution in [0.25, 0.3) is 0 Å². The van der Waals surface area contributed by atoms with Gasteiger partial charge in [-0.2, -0.15) is 0 Å². The lowest BCUT2D eigenvalue weighted by Crippen LogP contribution is -2.39. The van der Waals surface area contributed by atoms with E-state index >= 15 is 0 Å². The zero-order valence-corrected chi connectivity index (χ0v) is 12.6. The van der Waals surface area contributed by atoms with E-state index in [4.69, 9.17) is 10.6 Å². The van der Waals surface area contributed by atoms with Crippen LogP contribution < -0.4 is 16.2 Å². The van der Waals surface area contributed by atoms with Crippen LogP contribution >= 0.6 is 0 Å². The minimum absolute atomic E-state index is 0.415. The van der Waals surface area contributed by atoms with Crippen LogP contribution in [0.15, 0.2) is 6.07 Å². The molecule has 1 fully saturated rings. The van der Waals surface area contributed by atoms with Crippen LogP contribution in [-0.2, 0) is 11.3 Å². The molecular weight excluding hydrogens is 254 g/mol. The fourth-order valence-electron chi connectivity index (χ4n) is 2.83. The van der Waals surface area contributed by atoms with E-state index in [1.54, 1.807) is 0 Å². The topological polar surface area (TPSA) is 76.3 Å². The Bertz CT molecular complexity index is 430. The predicted molar refractivity (Wildman–Crippen MR) is 80.3 cm³/mol. The number of nitrogens with zero attached hydrogens (tertiary/aromatic N) is 3. The summed E-state index contributed by atoms with van der Waals surface area (Å²) in [5, 5.41) is 0. The normalized spacial score (nSPS) is 22.9. The van der Waals surface area contributed by atoms with Gasteiger partial charge in [-0.15, -0.1) is 0 Å². The van der Waals surface area contributed by atoms with Crippen molar-refractivity contribution in [2.75, 3.05) is 30.0 Å². The van der Waals surface area contributed by atoms with Crippen LogP contribution in [0.2, 0.25) is 0 Å². The molecule has 0 amide bonds. The Balaban J connectivity index is 2.20. The van der Waals surface area contributed by atoms with Crippen LogP contribution in [0.4, 0.5) is 11.6 Å². The van der Waals surface area contributed by atoms with Crippen molar-refractivity contribution in [3.05, 3.63) is 11.9 Å². The zero-order valence-electron chi connectivity index (χ0n) is 12.6. The lowest BCUT2D eigenvalue weighted by Gasteiger charge is -2.36. The van der Waals surface area contributed by atoms with Crippen molar-refractivity contribution in [3.63, 3.8) is 0 Å². The summed E-state index contributed by atoms with van der Waals surface area (Å²) in [4.78, 5) is 11.2. The number of aromatic nitrogens is 2. The minimum atomic E-state index is 0.415. The van der Waals surface area contributed by atoms with Crippen LogP contribution in [0.1, 0.15) is 33.0 Å². The Morgan fingerprint density at radius 3 is 2.65 bits per heavy atom. The van der Waals surface area contributed by atoms with E-state index in [-0.39, 0.29) is 0 Å². The van der Waals surface area contributed by atoms with Crippen molar-refractivity contribution in [3.8, 4) is 0 Å². The van der Waals surface area contributed by atoms with Gasteiger partial charge in [0, 0.05) is 25.8 Å². The highest BCUT2D eigenvalue weighted by Gasteiger charge is 2.23. The SMILES string of the molecule is CCOCc1nc(NN)cc(N2CC(C)CC(C)C2)n1. The van der Waals surface area contributed by atoms with Gasteiger partial charge in [-0.25, -0.2) is 15.8 Å². The second-order valence-electron chi connectivity index (χ2n) is 5.66. The highest BCUT2D eigenvalue weighted by molar-refractivity contribution is 5.49. The summed E-state index contributed by atoms with van der Waals surface area (Å²) in [7, 11) is 0. The molecule has 0 spiro atoms. The number of nitrogen functional groups attached to an aromatic ring is 1. The number of hydrogen-bond acceptors (Lipinski definition) is 6. The molecule has 112 valence electrons. The molecule has 1 aliphatic rings. The fraction of sp³-hybridized carbons (Fsp3) is 0.714. The molecule has 0 radical (unpaired) electrons. The molecule has 2 unspecified atom stereocenters. The lowest BCUT2D eigenvalue weighted by atomic mass is 9.92. The summed E-state index contributed by atoms with van der Waals surface area (Å²) >= 11 is 0. The van der Waals surface area contributed by atoms with E-state index < -0.39 is 0 Å². The molecule has 1 saturated heterocycles. The average molecular weight is 279 g/mol. The first-order valence-electron chi connectivity index (χ1n) is 7.29. The molecule has 6 heteroatoms. The molecule has 0 aliphatic carbocycles. The number of piperidine rings is 1. The molecule has 0 saturated carbocycles. The highest BCUT2D eigenvalue weighted by Crippen LogP contribution is 2.26. The van der Waals surface area contributed by atoms with Crippen LogP contribution in [0.3, 0.4) is 0 Å². The fourth-order valence-corrected chi connectivity index (χ4v) is 2.83. The van der Waals surface area contributed by atoms with E-state index in [1.807, 2.05) is 13.0 Å². The maximum absolute atomic E-state index is 5.50. The molecule has 6 nitrogen and oxygen atoms in total. The van der Waals surface area contributed by atoms with Gasteiger partial charge in [-0.3, -0.25) is 0 Å². The smallest absolute Gasteiger partial charge is 0.158 e. The van der Waals surface area contributed by atoms with Gasteiger partial charge in [0.15, 0.2) is 5.82 Å². The van der Waals surface area contributed by atoms with Gasteiger partial charge in [-0.1, -0.05) is 13.8 Å². The summed E-state index contributed by atoms with van der Waals surface area (Å²) in [6.45, 7) is 9.65. The Morgan fingerprint density at radius 2 is 2.05 bits per heavy atom. The maximum atomic E-state index is 5.50. The summed E-state index contributed by atoms with van der Waals surface area (Å²) < 4.78 is 5.39. The molecule has 20 heavy (non-hydrogen) atoms. The van der Waals surface area contributed by atoms with Crippen LogP contribution in [0.5, 0.6) is 0 Å². The number of hydrazine groups is 1. The average Bonchev–Trinajstić information content (AvgIpc) is 2.43. The van der Waals surface area contributed by atoms with Crippen LogP contribution in [0, 0.1) is 11.8 Å². The number of nitrogens with two attached hydrogens (primary N) is 1. The number of hydrogen-bond donors (Lipinski definition) is 2. The van der Waals surface area contributed by atoms with E-state index in [2.05, 4.69) is 34.1 Å². The first kappa shape index (κ1) is 15.0. The Kier molecular flexibility index (Phi) is 5.14. The summed E-state index contributed by atoms with van der Waals surface area (Å²) in [5.41, 5.74) is 2.61. The number of nitrogens with one attached hydrogen (secondary N) is 1. The van der Waals surface area contributed by atoms with Gasteiger partial charge < -0.3 is 15.1 Å². The standard InChI is InChI=1S/C14H25N5O/c1-4-20-9-13-16-12(18-15)6-14(17-13)19-7-10(2)5-11(3)8-19/h6,10-11H,4-5,7-9,15H2,1-3H3,(H,16,17,18). The number of anilines is 2. The molecule has 1 aromatic heterocycles. The molecule has 2 heterocycles. The van der Waals surface area contributed by atoms with Gasteiger partial charge in [-0.05, 0) is 25.2 Å². The number of rotatable bonds is 5. The molecule has 2 atom stereocenters. The third-order valence-electron chi connectivity index (χ3n) is 3.53. The summed E-state index contributed by atoms with van der Waals surface area (Å²) in [6, 6.07) is 1.90. The summed E-state index contributed by atoms with van der Waals surface area (Å²) in [5.74, 6) is 9.09. The Hall–Kier alpha value is -1.40. The first-order valence-corrected chi connectivity index (χ1v) is 7.29. The molecule has 0 bridgehead atoms. The third kappa shape index (κ3) is 3.80. The molecule has 0 aromatic carbocycles. The third-order valence-corrected chi connectivity index (χ3v) is 3.53. The van der Waals surface area contributed by atoms with Crippen molar-refractivity contribution < 1.29 is 4.74 Å². The zero-order chi connectivity index (χ0) is 14.5. The van der Waals surface area contributed by atoms with E-state index in [1.165, 1.54) is 6.42 Å². The quantitative estimate of drug-likeness (QED) is 0.632. The van der Waals surface area contributed by atoms with Gasteiger partial charge >= 0.3 is 0 Å². The monoisotopic (exact) mass is 279 g/mol. The van der Waals surface area contributed by atoms with Crippen molar-refractivity contribution in [2.45, 2.75) is 33.8 Å². The van der Waals surface area contributed by atoms with Gasteiger partial charge in [0.05, 0.1) is 0 Å². The van der Waals surface area contributed by atoms with Crippen molar-refractivity contribution in [1.29, 1.82) is 0 Å². The summed E-state index contributed by atoms with van der Waals surface area (Å²) in [6.07, 6.45) is 1.27. The molecule has 1 aromatic rings. The second kappa shape index (κ2) is 6.85. The van der Waals surface area contributed by atoms with E-state index in [0.717, 1.165) is 18.9 Å². The Labute approximate surface area is 120 Å². The first-order chi connectivity index (χ1) is 9.62. The lowest BCUT2D eigenvalue weighted by molar-refractivity contribution is 0.128. The molecule has 1 aliphatic heterocycles.